The SMILES string of the molecule is Cc1c(-c2nc3cc(CN4CCC[C@H]4C(=O)O)c(OC(F)F)cc3o2)cccc1-c1cccc(-c2nc3cc(CN4CC5(CCN(C6CC6)CC5)C4)cc(C#N)c3o2)c1C. The van der Waals surface area contributed by atoms with Gasteiger partial charge in [-0.05, 0) is 136 Å². The van der Waals surface area contributed by atoms with Gasteiger partial charge in [-0.1, -0.05) is 24.3 Å². The lowest BCUT2D eigenvalue weighted by atomic mass is 9.72. The molecule has 4 aromatic carbocycles. The van der Waals surface area contributed by atoms with Crippen molar-refractivity contribution < 1.29 is 32.3 Å². The van der Waals surface area contributed by atoms with Crippen LogP contribution in [-0.4, -0.2) is 87.2 Å². The monoisotopic (exact) mass is 812 g/mol. The smallest absolute Gasteiger partial charge is 0.387 e. The summed E-state index contributed by atoms with van der Waals surface area (Å²) in [5, 5.41) is 19.9. The lowest BCUT2D eigenvalue weighted by Crippen LogP contribution is -2.59. The summed E-state index contributed by atoms with van der Waals surface area (Å²) in [7, 11) is 0. The van der Waals surface area contributed by atoms with Crippen LogP contribution in [0.15, 0.2) is 69.5 Å². The molecule has 1 aliphatic carbocycles. The summed E-state index contributed by atoms with van der Waals surface area (Å²) in [6.45, 7) is 7.02. The van der Waals surface area contributed by atoms with Crippen molar-refractivity contribution in [3.05, 3.63) is 88.5 Å². The van der Waals surface area contributed by atoms with Gasteiger partial charge >= 0.3 is 12.6 Å². The Morgan fingerprint density at radius 3 is 2.22 bits per heavy atom. The third-order valence-electron chi connectivity index (χ3n) is 13.3. The van der Waals surface area contributed by atoms with Crippen LogP contribution in [0.3, 0.4) is 0 Å². The van der Waals surface area contributed by atoms with Crippen LogP contribution >= 0.6 is 0 Å². The molecular weight excluding hydrogens is 767 g/mol. The molecule has 5 heterocycles. The molecule has 10 rings (SSSR count). The van der Waals surface area contributed by atoms with Crippen LogP contribution < -0.4 is 4.74 Å². The first-order valence-corrected chi connectivity index (χ1v) is 20.9. The Balaban J connectivity index is 0.913. The van der Waals surface area contributed by atoms with Crippen molar-refractivity contribution in [2.75, 3.05) is 32.7 Å². The molecule has 0 bridgehead atoms. The highest BCUT2D eigenvalue weighted by Crippen LogP contribution is 2.44. The highest BCUT2D eigenvalue weighted by atomic mass is 19.3. The highest BCUT2D eigenvalue weighted by molar-refractivity contribution is 5.86. The van der Waals surface area contributed by atoms with E-state index in [1.807, 2.05) is 56.3 Å². The fraction of sp³-hybridized carbons (Fsp3) is 0.404. The minimum absolute atomic E-state index is 0.0737. The number of alkyl halides is 2. The van der Waals surface area contributed by atoms with E-state index in [1.54, 1.807) is 11.0 Å². The molecule has 13 heteroatoms. The first-order valence-electron chi connectivity index (χ1n) is 20.9. The molecule has 3 saturated heterocycles. The molecule has 0 amide bonds. The number of carbonyl (C=O) groups is 1. The molecule has 1 N–H and O–H groups in total. The molecule has 1 saturated carbocycles. The van der Waals surface area contributed by atoms with Crippen molar-refractivity contribution in [3.8, 4) is 45.9 Å². The van der Waals surface area contributed by atoms with Crippen molar-refractivity contribution in [1.82, 2.24) is 24.7 Å². The van der Waals surface area contributed by atoms with Crippen LogP contribution in [0.5, 0.6) is 5.75 Å². The van der Waals surface area contributed by atoms with E-state index >= 15 is 0 Å². The van der Waals surface area contributed by atoms with Gasteiger partial charge in [0.25, 0.3) is 0 Å². The molecule has 1 atom stereocenters. The van der Waals surface area contributed by atoms with Gasteiger partial charge in [-0.3, -0.25) is 14.6 Å². The van der Waals surface area contributed by atoms with Crippen molar-refractivity contribution in [2.24, 2.45) is 5.41 Å². The van der Waals surface area contributed by atoms with E-state index in [1.165, 1.54) is 44.8 Å². The van der Waals surface area contributed by atoms with Crippen molar-refractivity contribution in [2.45, 2.75) is 84.2 Å². The Kier molecular flexibility index (Phi) is 9.69. The fourth-order valence-electron chi connectivity index (χ4n) is 10.0. The first-order chi connectivity index (χ1) is 29.0. The van der Waals surface area contributed by atoms with Crippen LogP contribution in [0.4, 0.5) is 8.78 Å². The zero-order valence-electron chi connectivity index (χ0n) is 33.7. The number of hydrogen-bond donors (Lipinski definition) is 1. The summed E-state index contributed by atoms with van der Waals surface area (Å²) < 4.78 is 44.6. The third kappa shape index (κ3) is 7.10. The largest absolute Gasteiger partial charge is 0.480 e. The number of hydrogen-bond acceptors (Lipinski definition) is 10. The zero-order chi connectivity index (χ0) is 41.3. The molecule has 6 aromatic rings. The summed E-state index contributed by atoms with van der Waals surface area (Å²) in [6, 6.07) is 21.4. The Bertz CT molecular complexity index is 2680. The van der Waals surface area contributed by atoms with E-state index in [2.05, 4.69) is 21.9 Å². The maximum Gasteiger partial charge on any atom is 0.387 e. The van der Waals surface area contributed by atoms with Crippen LogP contribution in [0.25, 0.3) is 56.2 Å². The number of rotatable bonds is 11. The second kappa shape index (κ2) is 15.1. The van der Waals surface area contributed by atoms with Gasteiger partial charge < -0.3 is 23.6 Å². The topological polar surface area (TPSA) is 132 Å². The minimum Gasteiger partial charge on any atom is -0.480 e. The number of nitrogens with zero attached hydrogens (tertiary/aromatic N) is 6. The number of carboxylic acids is 1. The maximum atomic E-state index is 13.6. The quantitative estimate of drug-likeness (QED) is 0.134. The molecule has 3 aliphatic heterocycles. The van der Waals surface area contributed by atoms with Crippen LogP contribution in [0, 0.1) is 30.6 Å². The van der Waals surface area contributed by atoms with E-state index in [0.717, 1.165) is 64.6 Å². The molecule has 1 spiro atoms. The number of benzene rings is 4. The third-order valence-corrected chi connectivity index (χ3v) is 13.3. The zero-order valence-corrected chi connectivity index (χ0v) is 33.7. The van der Waals surface area contributed by atoms with Crippen molar-refractivity contribution >= 4 is 28.2 Å². The predicted molar refractivity (Wildman–Crippen MR) is 221 cm³/mol. The van der Waals surface area contributed by atoms with E-state index in [-0.39, 0.29) is 17.9 Å². The standard InChI is InChI=1S/C47H46F2N6O5/c1-27-33(6-3-8-35(27)43-51-37-20-31(24-55-15-5-10-39(55)45(56)57)40(59-46(48)49)21-41(37)58-43)34-7-4-9-36(28(34)2)44-52-38-19-29(18-30(22-50)42(38)60-44)23-53-25-47(26-53)13-16-54(17-14-47)32-11-12-32/h3-4,6-9,18-21,32,39,46H,5,10-17,23-26H2,1-2H3,(H,56,57)/t39-/m0/s1. The van der Waals surface area contributed by atoms with Crippen molar-refractivity contribution in [3.63, 3.8) is 0 Å². The van der Waals surface area contributed by atoms with Gasteiger partial charge in [0.2, 0.25) is 11.8 Å². The van der Waals surface area contributed by atoms with Gasteiger partial charge in [0.05, 0.1) is 5.56 Å². The summed E-state index contributed by atoms with van der Waals surface area (Å²) >= 11 is 0. The molecule has 0 radical (unpaired) electrons. The minimum atomic E-state index is -3.07. The van der Waals surface area contributed by atoms with Crippen LogP contribution in [-0.2, 0) is 17.9 Å². The number of fused-ring (bicyclic) bond motifs is 2. The van der Waals surface area contributed by atoms with Gasteiger partial charge in [0.15, 0.2) is 11.2 Å². The lowest BCUT2D eigenvalue weighted by Gasteiger charge is -2.54. The molecule has 4 fully saturated rings. The molecule has 2 aromatic heterocycles. The first kappa shape index (κ1) is 38.5. The van der Waals surface area contributed by atoms with Crippen LogP contribution in [0.1, 0.15) is 66.3 Å². The van der Waals surface area contributed by atoms with E-state index in [9.17, 15) is 23.9 Å². The van der Waals surface area contributed by atoms with E-state index in [0.29, 0.717) is 64.3 Å². The molecular formula is C47H46F2N6O5. The average molecular weight is 813 g/mol. The highest BCUT2D eigenvalue weighted by Gasteiger charge is 2.46. The van der Waals surface area contributed by atoms with E-state index < -0.39 is 18.6 Å². The summed E-state index contributed by atoms with van der Waals surface area (Å²) in [5.74, 6) is -0.257. The Labute approximate surface area is 346 Å². The van der Waals surface area contributed by atoms with Gasteiger partial charge in [-0.25, -0.2) is 9.97 Å². The fourth-order valence-corrected chi connectivity index (χ4v) is 10.0. The van der Waals surface area contributed by atoms with Gasteiger partial charge in [0.1, 0.15) is 28.9 Å². The molecule has 0 unspecified atom stereocenters. The Hall–Kier alpha value is -5.68. The summed E-state index contributed by atoms with van der Waals surface area (Å²) in [4.78, 5) is 28.5. The molecule has 11 nitrogen and oxygen atoms in total. The van der Waals surface area contributed by atoms with Gasteiger partial charge in [-0.15, -0.1) is 0 Å². The second-order valence-corrected chi connectivity index (χ2v) is 17.3. The molecule has 60 heavy (non-hydrogen) atoms. The number of nitriles is 1. The van der Waals surface area contributed by atoms with Crippen LogP contribution in [0.2, 0.25) is 0 Å². The number of aliphatic carboxylic acids is 1. The number of piperidine rings is 1. The Morgan fingerprint density at radius 2 is 1.57 bits per heavy atom. The predicted octanol–water partition coefficient (Wildman–Crippen LogP) is 9.17. The summed E-state index contributed by atoms with van der Waals surface area (Å²) in [6.07, 6.45) is 6.47. The lowest BCUT2D eigenvalue weighted by molar-refractivity contribution is -0.142. The van der Waals surface area contributed by atoms with Gasteiger partial charge in [0, 0.05) is 55.0 Å². The second-order valence-electron chi connectivity index (χ2n) is 17.3. The summed E-state index contributed by atoms with van der Waals surface area (Å²) in [5.41, 5.74) is 9.52. The molecule has 4 aliphatic rings. The number of aromatic nitrogens is 2. The van der Waals surface area contributed by atoms with E-state index in [4.69, 9.17) is 23.5 Å². The number of carboxylic acid groups (broad SMARTS) is 1. The number of likely N-dealkylation sites (tertiary alicyclic amines) is 3. The number of ether oxygens (including phenoxy) is 1. The average Bonchev–Trinajstić information content (AvgIpc) is 3.58. The van der Waals surface area contributed by atoms with Gasteiger partial charge in [-0.2, -0.15) is 14.0 Å². The maximum absolute atomic E-state index is 13.6. The number of oxazole rings is 2. The molecule has 308 valence electrons. The Morgan fingerprint density at radius 1 is 0.900 bits per heavy atom. The van der Waals surface area contributed by atoms with Crippen molar-refractivity contribution in [1.29, 1.82) is 5.26 Å². The normalized spacial score (nSPS) is 19.7. The number of halogens is 2.